The zero-order valence-corrected chi connectivity index (χ0v) is 16.1. The first-order valence-corrected chi connectivity index (χ1v) is 9.55. The third kappa shape index (κ3) is 3.90. The highest BCUT2D eigenvalue weighted by atomic mass is 16.3. The molecule has 0 saturated carbocycles. The summed E-state index contributed by atoms with van der Waals surface area (Å²) in [5.74, 6) is 0.118. The molecule has 0 unspecified atom stereocenters. The average molecular weight is 357 g/mol. The van der Waals surface area contributed by atoms with Crippen molar-refractivity contribution >= 4 is 27.8 Å². The summed E-state index contributed by atoms with van der Waals surface area (Å²) in [6.45, 7) is 8.11. The van der Waals surface area contributed by atoms with Crippen LogP contribution in [0, 0.1) is 0 Å². The molecule has 3 aromatic rings. The molecule has 0 aromatic heterocycles. The Balaban J connectivity index is 2.22. The fraction of sp³-hybridized carbons (Fsp3) is 0.200. The molecule has 0 saturated heterocycles. The number of rotatable bonds is 6. The number of allylic oxidation sites excluding steroid dienone is 2. The standard InChI is InChI=1S/C25H27NO/c1-4-6-19(7-5-2)25-23(17(3)27)14-11-21-16-20(10-15-24(21)25)18-8-12-22(26)13-9-18/h6,8-16,27H,3-5,7,26H2,1-2H3/b19-6+. The van der Waals surface area contributed by atoms with Crippen LogP contribution in [-0.4, -0.2) is 5.11 Å². The normalized spacial score (nSPS) is 11.7. The van der Waals surface area contributed by atoms with Gasteiger partial charge in [-0.15, -0.1) is 0 Å². The van der Waals surface area contributed by atoms with Gasteiger partial charge in [0.25, 0.3) is 0 Å². The van der Waals surface area contributed by atoms with Gasteiger partial charge >= 0.3 is 0 Å². The van der Waals surface area contributed by atoms with Crippen LogP contribution in [0.15, 0.2) is 67.3 Å². The van der Waals surface area contributed by atoms with Crippen LogP contribution in [0.1, 0.15) is 44.2 Å². The number of benzene rings is 3. The van der Waals surface area contributed by atoms with Gasteiger partial charge < -0.3 is 10.8 Å². The molecule has 3 rings (SSSR count). The molecule has 138 valence electrons. The predicted molar refractivity (Wildman–Crippen MR) is 119 cm³/mol. The van der Waals surface area contributed by atoms with E-state index in [9.17, 15) is 5.11 Å². The Bertz CT molecular complexity index is 997. The van der Waals surface area contributed by atoms with E-state index in [1.165, 1.54) is 5.57 Å². The molecule has 0 aliphatic carbocycles. The first-order chi connectivity index (χ1) is 13.0. The number of aliphatic hydroxyl groups is 1. The molecular weight excluding hydrogens is 330 g/mol. The molecule has 0 fully saturated rings. The topological polar surface area (TPSA) is 46.2 Å². The van der Waals surface area contributed by atoms with Gasteiger partial charge in [-0.05, 0) is 64.1 Å². The molecule has 0 bridgehead atoms. The monoisotopic (exact) mass is 357 g/mol. The minimum atomic E-state index is 0.118. The molecule has 3 aromatic carbocycles. The van der Waals surface area contributed by atoms with Crippen molar-refractivity contribution in [1.82, 2.24) is 0 Å². The van der Waals surface area contributed by atoms with E-state index in [0.717, 1.165) is 58.0 Å². The Kier molecular flexibility index (Phi) is 5.66. The van der Waals surface area contributed by atoms with Crippen molar-refractivity contribution in [2.24, 2.45) is 0 Å². The van der Waals surface area contributed by atoms with Crippen LogP contribution in [0.2, 0.25) is 0 Å². The first kappa shape index (κ1) is 18.8. The van der Waals surface area contributed by atoms with Crippen LogP contribution in [0.25, 0.3) is 33.2 Å². The maximum atomic E-state index is 10.2. The van der Waals surface area contributed by atoms with Crippen molar-refractivity contribution in [3.05, 3.63) is 78.4 Å². The number of aliphatic hydroxyl groups excluding tert-OH is 1. The molecule has 0 heterocycles. The van der Waals surface area contributed by atoms with Gasteiger partial charge in [-0.25, -0.2) is 0 Å². The van der Waals surface area contributed by atoms with Gasteiger partial charge in [0.2, 0.25) is 0 Å². The van der Waals surface area contributed by atoms with Gasteiger partial charge in [0.05, 0.1) is 0 Å². The minimum Gasteiger partial charge on any atom is -0.508 e. The number of fused-ring (bicyclic) bond motifs is 1. The van der Waals surface area contributed by atoms with Gasteiger partial charge in [-0.3, -0.25) is 0 Å². The van der Waals surface area contributed by atoms with Crippen molar-refractivity contribution < 1.29 is 5.11 Å². The van der Waals surface area contributed by atoms with Crippen LogP contribution < -0.4 is 5.73 Å². The fourth-order valence-corrected chi connectivity index (χ4v) is 3.62. The van der Waals surface area contributed by atoms with E-state index < -0.39 is 0 Å². The lowest BCUT2D eigenvalue weighted by atomic mass is 9.88. The Hall–Kier alpha value is -3.00. The van der Waals surface area contributed by atoms with Gasteiger partial charge in [0.1, 0.15) is 5.76 Å². The Morgan fingerprint density at radius 3 is 2.33 bits per heavy atom. The molecule has 3 N–H and O–H groups in total. The summed E-state index contributed by atoms with van der Waals surface area (Å²) in [7, 11) is 0. The number of nitrogen functional groups attached to an aromatic ring is 1. The molecule has 2 heteroatoms. The lowest BCUT2D eigenvalue weighted by molar-refractivity contribution is 0.513. The van der Waals surface area contributed by atoms with Gasteiger partial charge in [0, 0.05) is 11.3 Å². The molecule has 0 spiro atoms. The van der Waals surface area contributed by atoms with E-state index in [4.69, 9.17) is 5.73 Å². The summed E-state index contributed by atoms with van der Waals surface area (Å²) in [4.78, 5) is 0. The van der Waals surface area contributed by atoms with Crippen molar-refractivity contribution in [1.29, 1.82) is 0 Å². The van der Waals surface area contributed by atoms with E-state index in [-0.39, 0.29) is 5.76 Å². The summed E-state index contributed by atoms with van der Waals surface area (Å²) in [5, 5.41) is 12.5. The second-order valence-electron chi connectivity index (χ2n) is 6.88. The van der Waals surface area contributed by atoms with Crippen molar-refractivity contribution in [2.45, 2.75) is 33.1 Å². The number of hydrogen-bond donors (Lipinski definition) is 2. The molecule has 0 aliphatic heterocycles. The maximum absolute atomic E-state index is 10.2. The molecule has 2 nitrogen and oxygen atoms in total. The highest BCUT2D eigenvalue weighted by Gasteiger charge is 2.14. The van der Waals surface area contributed by atoms with Gasteiger partial charge in [-0.2, -0.15) is 0 Å². The molecular formula is C25H27NO. The number of anilines is 1. The summed E-state index contributed by atoms with van der Waals surface area (Å²) < 4.78 is 0. The summed E-state index contributed by atoms with van der Waals surface area (Å²) in [5.41, 5.74) is 12.1. The lowest BCUT2D eigenvalue weighted by Gasteiger charge is -2.16. The smallest absolute Gasteiger partial charge is 0.116 e. The van der Waals surface area contributed by atoms with Crippen LogP contribution in [0.4, 0.5) is 5.69 Å². The second-order valence-corrected chi connectivity index (χ2v) is 6.88. The van der Waals surface area contributed by atoms with Crippen molar-refractivity contribution in [2.75, 3.05) is 5.73 Å². The van der Waals surface area contributed by atoms with Crippen LogP contribution in [0.5, 0.6) is 0 Å². The quantitative estimate of drug-likeness (QED) is 0.361. The predicted octanol–water partition coefficient (Wildman–Crippen LogP) is 7.21. The first-order valence-electron chi connectivity index (χ1n) is 9.55. The SMILES string of the molecule is C=C(O)c1ccc2cc(-c3ccc(N)cc3)ccc2c1/C(=C/CC)CCC. The van der Waals surface area contributed by atoms with Crippen LogP contribution in [0.3, 0.4) is 0 Å². The minimum absolute atomic E-state index is 0.118. The van der Waals surface area contributed by atoms with E-state index in [0.29, 0.717) is 0 Å². The molecule has 0 aliphatic rings. The highest BCUT2D eigenvalue weighted by Crippen LogP contribution is 2.36. The fourth-order valence-electron chi connectivity index (χ4n) is 3.62. The number of hydrogen-bond acceptors (Lipinski definition) is 2. The molecule has 27 heavy (non-hydrogen) atoms. The summed E-state index contributed by atoms with van der Waals surface area (Å²) in [6.07, 6.45) is 5.27. The maximum Gasteiger partial charge on any atom is 0.116 e. The van der Waals surface area contributed by atoms with Gasteiger partial charge in [0.15, 0.2) is 0 Å². The molecule has 0 atom stereocenters. The zero-order valence-electron chi connectivity index (χ0n) is 16.1. The van der Waals surface area contributed by atoms with Crippen molar-refractivity contribution in [3.8, 4) is 11.1 Å². The Morgan fingerprint density at radius 2 is 1.70 bits per heavy atom. The molecule has 0 amide bonds. The van der Waals surface area contributed by atoms with E-state index in [2.05, 4.69) is 50.8 Å². The van der Waals surface area contributed by atoms with E-state index in [1.807, 2.05) is 30.3 Å². The second kappa shape index (κ2) is 8.13. The Morgan fingerprint density at radius 1 is 1.00 bits per heavy atom. The lowest BCUT2D eigenvalue weighted by Crippen LogP contribution is -1.96. The third-order valence-corrected chi connectivity index (χ3v) is 4.87. The van der Waals surface area contributed by atoms with E-state index >= 15 is 0 Å². The zero-order chi connectivity index (χ0) is 19.4. The van der Waals surface area contributed by atoms with Crippen molar-refractivity contribution in [3.63, 3.8) is 0 Å². The van der Waals surface area contributed by atoms with Gasteiger partial charge in [-0.1, -0.05) is 69.3 Å². The van der Waals surface area contributed by atoms with Crippen LogP contribution >= 0.6 is 0 Å². The average Bonchev–Trinajstić information content (AvgIpc) is 2.67. The van der Waals surface area contributed by atoms with Crippen LogP contribution in [-0.2, 0) is 0 Å². The summed E-state index contributed by atoms with van der Waals surface area (Å²) in [6, 6.07) is 18.5. The summed E-state index contributed by atoms with van der Waals surface area (Å²) >= 11 is 0. The highest BCUT2D eigenvalue weighted by molar-refractivity contribution is 5.99. The largest absolute Gasteiger partial charge is 0.508 e. The number of nitrogens with two attached hydrogens (primary N) is 1. The third-order valence-electron chi connectivity index (χ3n) is 4.87. The van der Waals surface area contributed by atoms with E-state index in [1.54, 1.807) is 0 Å². The Labute approximate surface area is 161 Å². The molecule has 0 radical (unpaired) electrons.